The van der Waals surface area contributed by atoms with Crippen LogP contribution in [0.5, 0.6) is 0 Å². The summed E-state index contributed by atoms with van der Waals surface area (Å²) in [5.74, 6) is -0.512. The van der Waals surface area contributed by atoms with Crippen LogP contribution < -0.4 is 16.4 Å². The number of benzene rings is 2. The van der Waals surface area contributed by atoms with Crippen LogP contribution >= 0.6 is 11.6 Å². The van der Waals surface area contributed by atoms with Gasteiger partial charge in [-0.15, -0.1) is 0 Å². The van der Waals surface area contributed by atoms with Crippen molar-refractivity contribution in [2.45, 2.75) is 31.7 Å². The minimum absolute atomic E-state index is 0.0710. The quantitative estimate of drug-likeness (QED) is 0.478. The molecular formula is C25H29ClN4O5. The van der Waals surface area contributed by atoms with Crippen LogP contribution in [0.4, 0.5) is 10.5 Å². The monoisotopic (exact) mass is 500 g/mol. The van der Waals surface area contributed by atoms with Gasteiger partial charge in [0.05, 0.1) is 18.5 Å². The van der Waals surface area contributed by atoms with E-state index in [0.29, 0.717) is 47.8 Å². The van der Waals surface area contributed by atoms with Crippen molar-refractivity contribution in [2.75, 3.05) is 31.6 Å². The Morgan fingerprint density at radius 1 is 1.06 bits per heavy atom. The van der Waals surface area contributed by atoms with Crippen LogP contribution in [-0.2, 0) is 20.7 Å². The van der Waals surface area contributed by atoms with Gasteiger partial charge in [-0.1, -0.05) is 29.8 Å². The Bertz CT molecular complexity index is 1080. The molecule has 1 fully saturated rings. The second-order valence-electron chi connectivity index (χ2n) is 8.52. The number of nitrogens with zero attached hydrogens (tertiary/aromatic N) is 1. The number of piperidine rings is 1. The highest BCUT2D eigenvalue weighted by atomic mass is 35.5. The van der Waals surface area contributed by atoms with Gasteiger partial charge in [-0.2, -0.15) is 0 Å². The molecule has 186 valence electrons. The molecule has 1 aliphatic rings. The van der Waals surface area contributed by atoms with Gasteiger partial charge in [0.1, 0.15) is 6.61 Å². The summed E-state index contributed by atoms with van der Waals surface area (Å²) in [4.78, 5) is 50.4. The Morgan fingerprint density at radius 3 is 2.31 bits per heavy atom. The molecule has 3 rings (SSSR count). The highest BCUT2D eigenvalue weighted by Crippen LogP contribution is 2.24. The highest BCUT2D eigenvalue weighted by Gasteiger charge is 2.38. The van der Waals surface area contributed by atoms with Gasteiger partial charge in [-0.25, -0.2) is 4.79 Å². The van der Waals surface area contributed by atoms with E-state index in [1.54, 1.807) is 53.4 Å². The number of rotatable bonds is 8. The molecule has 35 heavy (non-hydrogen) atoms. The van der Waals surface area contributed by atoms with Crippen molar-refractivity contribution in [1.82, 2.24) is 10.2 Å². The van der Waals surface area contributed by atoms with E-state index in [1.807, 2.05) is 0 Å². The van der Waals surface area contributed by atoms with Crippen molar-refractivity contribution >= 4 is 41.0 Å². The maximum atomic E-state index is 12.9. The third kappa shape index (κ3) is 7.27. The lowest BCUT2D eigenvalue weighted by atomic mass is 9.87. The zero-order valence-corrected chi connectivity index (χ0v) is 20.3. The Hall–Kier alpha value is -3.43. The van der Waals surface area contributed by atoms with Crippen molar-refractivity contribution in [1.29, 1.82) is 0 Å². The van der Waals surface area contributed by atoms with Crippen molar-refractivity contribution in [3.05, 3.63) is 64.7 Å². The molecule has 1 heterocycles. The number of carbonyl (C=O) groups is 4. The molecule has 1 saturated heterocycles. The van der Waals surface area contributed by atoms with Crippen molar-refractivity contribution in [3.8, 4) is 0 Å². The third-order valence-electron chi connectivity index (χ3n) is 5.98. The number of nitrogens with two attached hydrogens (primary N) is 1. The Kier molecular flexibility index (Phi) is 8.84. The zero-order chi connectivity index (χ0) is 25.4. The molecule has 2 aromatic carbocycles. The summed E-state index contributed by atoms with van der Waals surface area (Å²) in [5.41, 5.74) is 6.32. The predicted molar refractivity (Wildman–Crippen MR) is 132 cm³/mol. The average Bonchev–Trinajstić information content (AvgIpc) is 2.84. The van der Waals surface area contributed by atoms with Gasteiger partial charge in [0.25, 0.3) is 0 Å². The number of ether oxygens (including phenoxy) is 1. The minimum atomic E-state index is -0.848. The largest absolute Gasteiger partial charge is 0.447 e. The van der Waals surface area contributed by atoms with Crippen LogP contribution in [0.2, 0.25) is 5.02 Å². The number of likely N-dealkylation sites (tertiary alicyclic amines) is 1. The summed E-state index contributed by atoms with van der Waals surface area (Å²) in [5, 5.41) is 6.13. The van der Waals surface area contributed by atoms with Gasteiger partial charge in [0, 0.05) is 29.4 Å². The highest BCUT2D eigenvalue weighted by molar-refractivity contribution is 6.31. The lowest BCUT2D eigenvalue weighted by Crippen LogP contribution is -2.59. The fourth-order valence-electron chi connectivity index (χ4n) is 3.92. The molecule has 0 spiro atoms. The maximum Gasteiger partial charge on any atom is 0.411 e. The number of carbonyl (C=O) groups excluding carboxylic acids is 4. The summed E-state index contributed by atoms with van der Waals surface area (Å²) in [6.07, 6.45) is 0.170. The molecule has 0 radical (unpaired) electrons. The summed E-state index contributed by atoms with van der Waals surface area (Å²) in [6, 6.07) is 13.5. The van der Waals surface area contributed by atoms with Crippen LogP contribution in [0.1, 0.15) is 35.7 Å². The average molecular weight is 501 g/mol. The van der Waals surface area contributed by atoms with E-state index >= 15 is 0 Å². The van der Waals surface area contributed by atoms with Crippen LogP contribution in [0.25, 0.3) is 0 Å². The topological polar surface area (TPSA) is 131 Å². The summed E-state index contributed by atoms with van der Waals surface area (Å²) in [7, 11) is 0. The van der Waals surface area contributed by atoms with Crippen LogP contribution in [-0.4, -0.2) is 60.4 Å². The first-order chi connectivity index (χ1) is 16.7. The fourth-order valence-corrected chi connectivity index (χ4v) is 4.12. The van der Waals surface area contributed by atoms with Crippen molar-refractivity contribution < 1.29 is 23.9 Å². The zero-order valence-electron chi connectivity index (χ0n) is 19.5. The molecule has 4 N–H and O–H groups in total. The number of hydrogen-bond acceptors (Lipinski definition) is 6. The normalized spacial score (nSPS) is 14.7. The molecule has 0 aliphatic carbocycles. The van der Waals surface area contributed by atoms with Crippen molar-refractivity contribution in [3.63, 3.8) is 0 Å². The van der Waals surface area contributed by atoms with Crippen LogP contribution in [0, 0.1) is 0 Å². The first-order valence-electron chi connectivity index (χ1n) is 11.3. The first kappa shape index (κ1) is 26.2. The molecule has 2 aromatic rings. The van der Waals surface area contributed by atoms with Gasteiger partial charge >= 0.3 is 6.09 Å². The Morgan fingerprint density at radius 2 is 1.71 bits per heavy atom. The maximum absolute atomic E-state index is 12.9. The summed E-state index contributed by atoms with van der Waals surface area (Å²) in [6.45, 7) is 2.04. The number of Topliss-reactive ketones (excluding diaryl/α,β-unsaturated/α-hetero) is 1. The van der Waals surface area contributed by atoms with Gasteiger partial charge in [-0.05, 0) is 55.7 Å². The molecule has 0 bridgehead atoms. The standard InChI is InChI=1S/C25H29ClN4O5/c1-17(31)18-6-8-20(9-7-18)28-24(34)35-16-25(10-12-30(13-11-25)23(33)15-27)29-22(32)14-19-4-2-3-5-21(19)26/h2-9H,10-16,27H2,1H3,(H,28,34)(H,29,32). The lowest BCUT2D eigenvalue weighted by molar-refractivity contribution is -0.132. The number of halogens is 1. The van der Waals surface area contributed by atoms with E-state index in [0.717, 1.165) is 0 Å². The fraction of sp³-hybridized carbons (Fsp3) is 0.360. The molecule has 0 atom stereocenters. The SMILES string of the molecule is CC(=O)c1ccc(NC(=O)OCC2(NC(=O)Cc3ccccc3Cl)CCN(C(=O)CN)CC2)cc1. The molecule has 3 amide bonds. The molecular weight excluding hydrogens is 472 g/mol. The van der Waals surface area contributed by atoms with E-state index < -0.39 is 11.6 Å². The molecule has 0 unspecified atom stereocenters. The van der Waals surface area contributed by atoms with Crippen molar-refractivity contribution in [2.24, 2.45) is 5.73 Å². The van der Waals surface area contributed by atoms with E-state index in [4.69, 9.17) is 22.1 Å². The van der Waals surface area contributed by atoms with Gasteiger partial charge in [0.15, 0.2) is 5.78 Å². The molecule has 1 aliphatic heterocycles. The number of anilines is 1. The second-order valence-corrected chi connectivity index (χ2v) is 8.92. The number of nitrogens with one attached hydrogen (secondary N) is 2. The van der Waals surface area contributed by atoms with E-state index in [-0.39, 0.29) is 37.2 Å². The van der Waals surface area contributed by atoms with E-state index in [1.165, 1.54) is 6.92 Å². The third-order valence-corrected chi connectivity index (χ3v) is 6.35. The minimum Gasteiger partial charge on any atom is -0.447 e. The molecule has 0 aromatic heterocycles. The smallest absolute Gasteiger partial charge is 0.411 e. The predicted octanol–water partition coefficient (Wildman–Crippen LogP) is 2.77. The van der Waals surface area contributed by atoms with E-state index in [9.17, 15) is 19.2 Å². The second kappa shape index (κ2) is 11.8. The molecule has 0 saturated carbocycles. The summed E-state index contributed by atoms with van der Waals surface area (Å²) >= 11 is 6.19. The lowest BCUT2D eigenvalue weighted by Gasteiger charge is -2.41. The summed E-state index contributed by atoms with van der Waals surface area (Å²) < 4.78 is 5.48. The number of ketones is 1. The van der Waals surface area contributed by atoms with Gasteiger partial charge < -0.3 is 20.7 Å². The Balaban J connectivity index is 1.65. The Labute approximate surface area is 208 Å². The van der Waals surface area contributed by atoms with Crippen LogP contribution in [0.3, 0.4) is 0 Å². The molecule has 9 nitrogen and oxygen atoms in total. The molecule has 10 heteroatoms. The number of hydrogen-bond donors (Lipinski definition) is 3. The van der Waals surface area contributed by atoms with Crippen LogP contribution in [0.15, 0.2) is 48.5 Å². The first-order valence-corrected chi connectivity index (χ1v) is 11.7. The van der Waals surface area contributed by atoms with Gasteiger partial charge in [-0.3, -0.25) is 19.7 Å². The van der Waals surface area contributed by atoms with Gasteiger partial charge in [0.2, 0.25) is 11.8 Å². The number of amides is 3. The van der Waals surface area contributed by atoms with E-state index in [2.05, 4.69) is 10.6 Å².